The Kier molecular flexibility index (Phi) is 25.0. The molecule has 1 saturated heterocycles. The van der Waals surface area contributed by atoms with Gasteiger partial charge in [0.1, 0.15) is 16.8 Å². The van der Waals surface area contributed by atoms with Crippen LogP contribution >= 0.6 is 11.3 Å². The molecule has 73 heavy (non-hydrogen) atoms. The van der Waals surface area contributed by atoms with E-state index in [1.807, 2.05) is 45.2 Å². The van der Waals surface area contributed by atoms with Gasteiger partial charge in [0.05, 0.1) is 18.0 Å². The number of carboxylic acids is 1. The number of piperidine rings is 1. The number of Topliss-reactive ketones (excluding diaryl/α,β-unsaturated/α-hetero) is 2. The summed E-state index contributed by atoms with van der Waals surface area (Å²) in [4.78, 5) is 114. The van der Waals surface area contributed by atoms with Crippen LogP contribution in [0.15, 0.2) is 41.8 Å². The SMILES string of the molecule is CC[C@H](C)[C@H](CC(=O)[C@H]1CCCCN1C)C(=O)N(C)[C@H](C[C@@H](OC)c1nc(C(=O)N[C@@H](Cc2ccc(CC(=O)[C@H](CCCCN)NC(=O)CCCCCN3C(=O)C=CC3=O)cc2)CC(C)C(=O)O)cs1)C(C)C. The highest BCUT2D eigenvalue weighted by atomic mass is 32.1. The highest BCUT2D eigenvalue weighted by molar-refractivity contribution is 7.09. The third-order valence-corrected chi connectivity index (χ3v) is 15.7. The number of hydrogen-bond acceptors (Lipinski definition) is 13. The van der Waals surface area contributed by atoms with E-state index in [0.717, 1.165) is 43.4 Å². The molecular weight excluding hydrogens is 951 g/mol. The van der Waals surface area contributed by atoms with Gasteiger partial charge in [-0.05, 0) is 101 Å². The summed E-state index contributed by atoms with van der Waals surface area (Å²) in [5.74, 6) is -3.61. The smallest absolute Gasteiger partial charge is 0.306 e. The quantitative estimate of drug-likeness (QED) is 0.0443. The summed E-state index contributed by atoms with van der Waals surface area (Å²) >= 11 is 1.28. The Bertz CT molecular complexity index is 2180. The Morgan fingerprint density at radius 1 is 0.932 bits per heavy atom. The van der Waals surface area contributed by atoms with Crippen molar-refractivity contribution < 1.29 is 48.2 Å². The van der Waals surface area contributed by atoms with Gasteiger partial charge in [-0.25, -0.2) is 4.98 Å². The van der Waals surface area contributed by atoms with Gasteiger partial charge in [-0.3, -0.25) is 48.2 Å². The lowest BCUT2D eigenvalue weighted by atomic mass is 9.83. The molecule has 18 heteroatoms. The van der Waals surface area contributed by atoms with Crippen molar-refractivity contribution in [1.82, 2.24) is 30.3 Å². The van der Waals surface area contributed by atoms with Crippen LogP contribution in [0.2, 0.25) is 0 Å². The third-order valence-electron chi connectivity index (χ3n) is 14.7. The lowest BCUT2D eigenvalue weighted by Gasteiger charge is -2.37. The van der Waals surface area contributed by atoms with Gasteiger partial charge in [0, 0.05) is 81.9 Å². The van der Waals surface area contributed by atoms with Crippen molar-refractivity contribution in [3.8, 4) is 0 Å². The molecule has 4 rings (SSSR count). The second-order valence-electron chi connectivity index (χ2n) is 20.6. The first-order valence-corrected chi connectivity index (χ1v) is 27.3. The number of benzene rings is 1. The number of carboxylic acid groups (broad SMARTS) is 1. The van der Waals surface area contributed by atoms with Gasteiger partial charge < -0.3 is 31.1 Å². The van der Waals surface area contributed by atoms with E-state index < -0.39 is 41.9 Å². The van der Waals surface area contributed by atoms with Crippen molar-refractivity contribution in [3.63, 3.8) is 0 Å². The molecule has 0 bridgehead atoms. The summed E-state index contributed by atoms with van der Waals surface area (Å²) in [7, 11) is 5.37. The van der Waals surface area contributed by atoms with Crippen LogP contribution in [-0.2, 0) is 51.1 Å². The van der Waals surface area contributed by atoms with Gasteiger partial charge >= 0.3 is 5.97 Å². The van der Waals surface area contributed by atoms with E-state index in [9.17, 15) is 43.5 Å². The Morgan fingerprint density at radius 3 is 2.23 bits per heavy atom. The minimum Gasteiger partial charge on any atom is -0.481 e. The van der Waals surface area contributed by atoms with Crippen LogP contribution in [0.25, 0.3) is 0 Å². The fourth-order valence-electron chi connectivity index (χ4n) is 9.85. The van der Waals surface area contributed by atoms with E-state index in [-0.39, 0.29) is 90.5 Å². The number of hydrogen-bond donors (Lipinski definition) is 4. The van der Waals surface area contributed by atoms with Gasteiger partial charge in [-0.15, -0.1) is 11.3 Å². The van der Waals surface area contributed by atoms with Crippen molar-refractivity contribution >= 4 is 58.4 Å². The molecule has 0 aliphatic carbocycles. The van der Waals surface area contributed by atoms with E-state index in [1.54, 1.807) is 31.4 Å². The number of nitrogens with two attached hydrogens (primary N) is 1. The molecule has 1 aromatic carbocycles. The molecule has 3 heterocycles. The van der Waals surface area contributed by atoms with E-state index in [2.05, 4.69) is 29.4 Å². The highest BCUT2D eigenvalue weighted by Gasteiger charge is 2.37. The Labute approximate surface area is 436 Å². The van der Waals surface area contributed by atoms with Crippen LogP contribution in [0.4, 0.5) is 0 Å². The summed E-state index contributed by atoms with van der Waals surface area (Å²) in [6, 6.07) is 5.66. The number of thiazole rings is 1. The minimum atomic E-state index is -0.993. The van der Waals surface area contributed by atoms with Crippen LogP contribution in [0, 0.1) is 23.7 Å². The third kappa shape index (κ3) is 18.6. The number of aromatic nitrogens is 1. The molecule has 2 aliphatic rings. The fourth-order valence-corrected chi connectivity index (χ4v) is 10.7. The summed E-state index contributed by atoms with van der Waals surface area (Å²) < 4.78 is 5.98. The van der Waals surface area contributed by atoms with Gasteiger partial charge in [-0.1, -0.05) is 78.1 Å². The summed E-state index contributed by atoms with van der Waals surface area (Å²) in [6.45, 7) is 11.4. The zero-order valence-electron chi connectivity index (χ0n) is 44.6. The van der Waals surface area contributed by atoms with Gasteiger partial charge in [-0.2, -0.15) is 0 Å². The maximum atomic E-state index is 14.3. The number of carbonyl (C=O) groups is 8. The maximum Gasteiger partial charge on any atom is 0.306 e. The molecule has 2 aliphatic heterocycles. The zero-order chi connectivity index (χ0) is 53.8. The molecule has 1 aromatic heterocycles. The first kappa shape index (κ1) is 60.4. The molecular formula is C55H83N7O10S. The number of ketones is 2. The largest absolute Gasteiger partial charge is 0.481 e. The van der Waals surface area contributed by atoms with Crippen LogP contribution in [0.1, 0.15) is 157 Å². The predicted molar refractivity (Wildman–Crippen MR) is 281 cm³/mol. The summed E-state index contributed by atoms with van der Waals surface area (Å²) in [6.07, 6.45) is 10.5. The Morgan fingerprint density at radius 2 is 1.62 bits per heavy atom. The van der Waals surface area contributed by atoms with Gasteiger partial charge in [0.25, 0.3) is 17.7 Å². The zero-order valence-corrected chi connectivity index (χ0v) is 45.4. The molecule has 8 atom stereocenters. The van der Waals surface area contributed by atoms with Crippen LogP contribution in [-0.4, -0.2) is 137 Å². The number of nitrogens with zero attached hydrogens (tertiary/aromatic N) is 4. The van der Waals surface area contributed by atoms with E-state index in [4.69, 9.17) is 15.5 Å². The molecule has 404 valence electrons. The normalized spacial score (nSPS) is 17.9. The Balaban J connectivity index is 1.38. The monoisotopic (exact) mass is 1030 g/mol. The van der Waals surface area contributed by atoms with Crippen LogP contribution in [0.3, 0.4) is 0 Å². The predicted octanol–water partition coefficient (Wildman–Crippen LogP) is 6.47. The summed E-state index contributed by atoms with van der Waals surface area (Å²) in [5.41, 5.74) is 7.43. The number of methoxy groups -OCH3 is 1. The number of carbonyl (C=O) groups excluding carboxylic acids is 7. The molecule has 0 spiro atoms. The van der Waals surface area contributed by atoms with Crippen LogP contribution < -0.4 is 16.4 Å². The second kappa shape index (κ2) is 30.3. The second-order valence-corrected chi connectivity index (χ2v) is 21.5. The van der Waals surface area contributed by atoms with Gasteiger partial charge in [0.2, 0.25) is 11.8 Å². The Hall–Kier alpha value is -5.17. The molecule has 2 aromatic rings. The lowest BCUT2D eigenvalue weighted by Crippen LogP contribution is -2.48. The average molecular weight is 1030 g/mol. The summed E-state index contributed by atoms with van der Waals surface area (Å²) in [5, 5.41) is 18.0. The standard InChI is InChI=1S/C55H83N7O10S/c1-9-36(4)41(32-47(64)44-18-13-16-27-60(44)6)54(69)61(7)45(35(2)3)33-48(72-8)53-59-43(34-73-53)52(68)57-40(29-37(5)55(70)71)30-38-20-22-39(23-21-38)31-46(63)42(17-12-14-26-56)58-49(65)19-11-10-15-28-62-50(66)24-25-51(62)67/h20-25,34-37,40-42,44-45,48H,9-19,26-33,56H2,1-8H3,(H,57,68)(H,58,65)(H,70,71)/t36-,37?,40+,41-,42-,44+,45+,48+/m0/s1. The number of likely N-dealkylation sites (tertiary alicyclic amines) is 1. The number of aliphatic carboxylic acids is 1. The van der Waals surface area contributed by atoms with Crippen molar-refractivity contribution in [2.75, 3.05) is 40.8 Å². The number of likely N-dealkylation sites (N-methyl/N-ethyl adjacent to an activating group) is 1. The molecule has 1 fully saturated rings. The number of imide groups is 1. The number of rotatable bonds is 33. The van der Waals surface area contributed by atoms with E-state index in [0.29, 0.717) is 69.5 Å². The number of nitrogens with one attached hydrogen (secondary N) is 2. The molecule has 1 unspecified atom stereocenters. The fraction of sp³-hybridized carbons (Fsp3) is 0.655. The molecule has 5 N–H and O–H groups in total. The highest BCUT2D eigenvalue weighted by Crippen LogP contribution is 2.32. The molecule has 0 radical (unpaired) electrons. The topological polar surface area (TPSA) is 239 Å². The van der Waals surface area contributed by atoms with E-state index >= 15 is 0 Å². The molecule has 17 nitrogen and oxygen atoms in total. The number of unbranched alkanes of at least 4 members (excludes halogenated alkanes) is 3. The minimum absolute atomic E-state index is 0.0113. The van der Waals surface area contributed by atoms with Crippen molar-refractivity contribution in [2.24, 2.45) is 29.4 Å². The maximum absolute atomic E-state index is 14.3. The first-order valence-electron chi connectivity index (χ1n) is 26.4. The van der Waals surface area contributed by atoms with Gasteiger partial charge in [0.15, 0.2) is 11.6 Å². The lowest BCUT2D eigenvalue weighted by molar-refractivity contribution is -0.143. The average Bonchev–Trinajstić information content (AvgIpc) is 3.98. The number of amides is 5. The van der Waals surface area contributed by atoms with Crippen LogP contribution in [0.5, 0.6) is 0 Å². The van der Waals surface area contributed by atoms with Crippen molar-refractivity contribution in [1.29, 1.82) is 0 Å². The molecule has 5 amide bonds. The van der Waals surface area contributed by atoms with Crippen molar-refractivity contribution in [2.45, 2.75) is 168 Å². The van der Waals surface area contributed by atoms with E-state index in [1.165, 1.54) is 28.4 Å². The number of ether oxygens (including phenoxy) is 1. The molecule has 0 saturated carbocycles. The first-order chi connectivity index (χ1) is 34.8. The van der Waals surface area contributed by atoms with Crippen molar-refractivity contribution in [3.05, 3.63) is 63.6 Å².